The maximum Gasteiger partial charge on any atom is 0.236 e. The van der Waals surface area contributed by atoms with Crippen LogP contribution in [-0.4, -0.2) is 49.6 Å². The molecule has 1 N–H and O–H groups in total. The molecule has 1 heterocycles. The van der Waals surface area contributed by atoms with Crippen LogP contribution >= 0.6 is 0 Å². The van der Waals surface area contributed by atoms with Gasteiger partial charge in [-0.05, 0) is 36.1 Å². The number of carbonyl (C=O) groups excluding carboxylic acids is 2. The van der Waals surface area contributed by atoms with Gasteiger partial charge >= 0.3 is 0 Å². The normalized spacial score (nSPS) is 15.6. The first-order valence-corrected chi connectivity index (χ1v) is 12.1. The SMILES string of the molecule is CC(=O)N(C)Cc1ccccc1NC(=O)C1CCN(S(=O)(=O)/C=C/c2ccccc2)CC1. The van der Waals surface area contributed by atoms with Crippen molar-refractivity contribution in [1.82, 2.24) is 9.21 Å². The molecule has 2 aromatic carbocycles. The molecule has 0 atom stereocenters. The molecule has 1 aliphatic rings. The highest BCUT2D eigenvalue weighted by atomic mass is 32.2. The second-order valence-electron chi connectivity index (χ2n) is 7.95. The monoisotopic (exact) mass is 455 g/mol. The number of sulfonamides is 1. The molecule has 0 saturated carbocycles. The fraction of sp³-hybridized carbons (Fsp3) is 0.333. The van der Waals surface area contributed by atoms with Crippen molar-refractivity contribution < 1.29 is 18.0 Å². The molecule has 0 radical (unpaired) electrons. The lowest BCUT2D eigenvalue weighted by atomic mass is 9.97. The highest BCUT2D eigenvalue weighted by Gasteiger charge is 2.30. The van der Waals surface area contributed by atoms with Gasteiger partial charge in [0.15, 0.2) is 0 Å². The van der Waals surface area contributed by atoms with Crippen LogP contribution < -0.4 is 5.32 Å². The van der Waals surface area contributed by atoms with Crippen LogP contribution in [-0.2, 0) is 26.2 Å². The van der Waals surface area contributed by atoms with Gasteiger partial charge in [-0.15, -0.1) is 0 Å². The summed E-state index contributed by atoms with van der Waals surface area (Å²) in [5.41, 5.74) is 2.34. The Morgan fingerprint density at radius 2 is 1.69 bits per heavy atom. The van der Waals surface area contributed by atoms with Crippen molar-refractivity contribution in [3.05, 3.63) is 71.1 Å². The third-order valence-electron chi connectivity index (χ3n) is 5.64. The van der Waals surface area contributed by atoms with Crippen LogP contribution in [0.1, 0.15) is 30.9 Å². The van der Waals surface area contributed by atoms with Gasteiger partial charge < -0.3 is 10.2 Å². The summed E-state index contributed by atoms with van der Waals surface area (Å²) < 4.78 is 26.7. The zero-order chi connectivity index (χ0) is 23.1. The van der Waals surface area contributed by atoms with Crippen LogP contribution in [0.4, 0.5) is 5.69 Å². The number of benzene rings is 2. The van der Waals surface area contributed by atoms with Crippen LogP contribution in [0.15, 0.2) is 60.0 Å². The number of nitrogens with one attached hydrogen (secondary N) is 1. The minimum atomic E-state index is -3.53. The number of amides is 2. The highest BCUT2D eigenvalue weighted by molar-refractivity contribution is 7.92. The van der Waals surface area contributed by atoms with Gasteiger partial charge in [-0.1, -0.05) is 48.5 Å². The molecule has 1 aliphatic heterocycles. The summed E-state index contributed by atoms with van der Waals surface area (Å²) >= 11 is 0. The zero-order valence-corrected chi connectivity index (χ0v) is 19.2. The molecule has 32 heavy (non-hydrogen) atoms. The van der Waals surface area contributed by atoms with E-state index in [1.165, 1.54) is 16.6 Å². The molecular formula is C24H29N3O4S. The van der Waals surface area contributed by atoms with E-state index in [4.69, 9.17) is 0 Å². The van der Waals surface area contributed by atoms with Crippen molar-refractivity contribution in [2.45, 2.75) is 26.3 Å². The van der Waals surface area contributed by atoms with Gasteiger partial charge in [-0.3, -0.25) is 9.59 Å². The first-order valence-electron chi connectivity index (χ1n) is 10.6. The van der Waals surface area contributed by atoms with E-state index in [1.54, 1.807) is 18.0 Å². The van der Waals surface area contributed by atoms with Crippen molar-refractivity contribution in [2.75, 3.05) is 25.5 Å². The van der Waals surface area contributed by atoms with Gasteiger partial charge in [0.25, 0.3) is 0 Å². The van der Waals surface area contributed by atoms with Crippen LogP contribution in [0.25, 0.3) is 6.08 Å². The van der Waals surface area contributed by atoms with Crippen LogP contribution in [0.3, 0.4) is 0 Å². The predicted molar refractivity (Wildman–Crippen MR) is 126 cm³/mol. The molecule has 1 fully saturated rings. The first-order chi connectivity index (χ1) is 15.3. The number of nitrogens with zero attached hydrogens (tertiary/aromatic N) is 2. The Balaban J connectivity index is 1.58. The summed E-state index contributed by atoms with van der Waals surface area (Å²) in [5, 5.41) is 4.19. The van der Waals surface area contributed by atoms with Crippen molar-refractivity contribution in [2.24, 2.45) is 5.92 Å². The summed E-state index contributed by atoms with van der Waals surface area (Å²) in [6.45, 7) is 2.50. The second-order valence-corrected chi connectivity index (χ2v) is 9.77. The summed E-state index contributed by atoms with van der Waals surface area (Å²) in [5.74, 6) is -0.445. The minimum Gasteiger partial charge on any atom is -0.342 e. The molecule has 0 aliphatic carbocycles. The molecule has 8 heteroatoms. The highest BCUT2D eigenvalue weighted by Crippen LogP contribution is 2.24. The molecule has 7 nitrogen and oxygen atoms in total. The Morgan fingerprint density at radius 3 is 2.34 bits per heavy atom. The number of hydrogen-bond donors (Lipinski definition) is 1. The lowest BCUT2D eigenvalue weighted by Crippen LogP contribution is -2.40. The van der Waals surface area contributed by atoms with Crippen molar-refractivity contribution >= 4 is 33.6 Å². The van der Waals surface area contributed by atoms with Gasteiger partial charge in [0.05, 0.1) is 0 Å². The van der Waals surface area contributed by atoms with E-state index < -0.39 is 10.0 Å². The number of hydrogen-bond acceptors (Lipinski definition) is 4. The lowest BCUT2D eigenvalue weighted by molar-refractivity contribution is -0.128. The van der Waals surface area contributed by atoms with Crippen molar-refractivity contribution in [1.29, 1.82) is 0 Å². The predicted octanol–water partition coefficient (Wildman–Crippen LogP) is 3.32. The molecule has 0 unspecified atom stereocenters. The Bertz CT molecular complexity index is 1080. The molecule has 2 aromatic rings. The fourth-order valence-corrected chi connectivity index (χ4v) is 4.79. The average Bonchev–Trinajstić information content (AvgIpc) is 2.79. The second kappa shape index (κ2) is 10.6. The molecule has 0 bridgehead atoms. The Kier molecular flexibility index (Phi) is 7.82. The quantitative estimate of drug-likeness (QED) is 0.694. The maximum atomic E-state index is 12.8. The van der Waals surface area contributed by atoms with Gasteiger partial charge in [0.2, 0.25) is 21.8 Å². The van der Waals surface area contributed by atoms with Gasteiger partial charge in [-0.2, -0.15) is 4.31 Å². The van der Waals surface area contributed by atoms with E-state index in [2.05, 4.69) is 5.32 Å². The number of carbonyl (C=O) groups is 2. The van der Waals surface area contributed by atoms with E-state index in [0.717, 1.165) is 11.1 Å². The van der Waals surface area contributed by atoms with E-state index in [-0.39, 0.29) is 17.7 Å². The molecular weight excluding hydrogens is 426 g/mol. The van der Waals surface area contributed by atoms with Crippen molar-refractivity contribution in [3.63, 3.8) is 0 Å². The van der Waals surface area contributed by atoms with Crippen molar-refractivity contribution in [3.8, 4) is 0 Å². The van der Waals surface area contributed by atoms with Crippen LogP contribution in [0.5, 0.6) is 0 Å². The van der Waals surface area contributed by atoms with E-state index >= 15 is 0 Å². The minimum absolute atomic E-state index is 0.0546. The molecule has 0 aromatic heterocycles. The van der Waals surface area contributed by atoms with Crippen LogP contribution in [0.2, 0.25) is 0 Å². The number of anilines is 1. The lowest BCUT2D eigenvalue weighted by Gasteiger charge is -2.30. The summed E-state index contributed by atoms with van der Waals surface area (Å²) in [6.07, 6.45) is 2.50. The average molecular weight is 456 g/mol. The van der Waals surface area contributed by atoms with Gasteiger partial charge in [0, 0.05) is 50.6 Å². The topological polar surface area (TPSA) is 86.8 Å². The summed E-state index contributed by atoms with van der Waals surface area (Å²) in [6, 6.07) is 16.7. The molecule has 3 rings (SSSR count). The Labute approximate surface area is 189 Å². The first kappa shape index (κ1) is 23.7. The standard InChI is InChI=1S/C24H29N3O4S/c1-19(28)26(2)18-22-10-6-7-11-23(22)25-24(29)21-12-15-27(16-13-21)32(30,31)17-14-20-8-4-3-5-9-20/h3-11,14,17,21H,12-13,15-16,18H2,1-2H3,(H,25,29)/b17-14+. The number of rotatable bonds is 7. The molecule has 0 spiro atoms. The smallest absolute Gasteiger partial charge is 0.236 e. The fourth-order valence-electron chi connectivity index (χ4n) is 3.57. The largest absolute Gasteiger partial charge is 0.342 e. The van der Waals surface area contributed by atoms with Gasteiger partial charge in [0.1, 0.15) is 0 Å². The third-order valence-corrected chi connectivity index (χ3v) is 7.20. The van der Waals surface area contributed by atoms with Crippen LogP contribution in [0, 0.1) is 5.92 Å². The molecule has 1 saturated heterocycles. The number of para-hydroxylation sites is 1. The van der Waals surface area contributed by atoms with E-state index in [0.29, 0.717) is 38.2 Å². The number of piperidine rings is 1. The molecule has 2 amide bonds. The van der Waals surface area contributed by atoms with E-state index in [1.807, 2.05) is 54.6 Å². The maximum absolute atomic E-state index is 12.8. The van der Waals surface area contributed by atoms with E-state index in [9.17, 15) is 18.0 Å². The summed E-state index contributed by atoms with van der Waals surface area (Å²) in [7, 11) is -1.82. The summed E-state index contributed by atoms with van der Waals surface area (Å²) in [4.78, 5) is 26.0. The van der Waals surface area contributed by atoms with Gasteiger partial charge in [-0.25, -0.2) is 8.42 Å². The zero-order valence-electron chi connectivity index (χ0n) is 18.4. The molecule has 170 valence electrons. The third kappa shape index (κ3) is 6.27. The Hall–Kier alpha value is -2.97. The Morgan fingerprint density at radius 1 is 1.06 bits per heavy atom.